The van der Waals surface area contributed by atoms with Gasteiger partial charge in [-0.3, -0.25) is 9.59 Å². The Morgan fingerprint density at radius 3 is 1.28 bits per heavy atom. The van der Waals surface area contributed by atoms with Gasteiger partial charge in [0.1, 0.15) is 0 Å². The number of hydrogen-bond donors (Lipinski definition) is 2. The molecule has 0 aromatic heterocycles. The molecule has 0 aromatic rings. The van der Waals surface area contributed by atoms with Gasteiger partial charge in [-0.1, -0.05) is 41.5 Å². The van der Waals surface area contributed by atoms with Crippen LogP contribution in [0.15, 0.2) is 0 Å². The van der Waals surface area contributed by atoms with E-state index in [0.29, 0.717) is 0 Å². The molecule has 25 heavy (non-hydrogen) atoms. The molecule has 0 bridgehead atoms. The van der Waals surface area contributed by atoms with Crippen molar-refractivity contribution in [3.05, 3.63) is 14.9 Å². The molecule has 0 aliphatic heterocycles. The molecule has 0 radical (unpaired) electrons. The molecule has 0 saturated heterocycles. The van der Waals surface area contributed by atoms with E-state index >= 15 is 0 Å². The van der Waals surface area contributed by atoms with Gasteiger partial charge in [0.25, 0.3) is 0 Å². The van der Waals surface area contributed by atoms with Crippen molar-refractivity contribution in [1.82, 2.24) is 10.6 Å². The van der Waals surface area contributed by atoms with E-state index in [1.807, 2.05) is 0 Å². The van der Waals surface area contributed by atoms with Crippen molar-refractivity contribution in [2.75, 3.05) is 0 Å². The van der Waals surface area contributed by atoms with Gasteiger partial charge in [-0.25, -0.2) is 0 Å². The molecular weight excluding hydrogens is 348 g/mol. The number of nitrogens with one attached hydrogen (secondary N) is 2. The summed E-state index contributed by atoms with van der Waals surface area (Å²) in [6.07, 6.45) is 2.72. The van der Waals surface area contributed by atoms with Gasteiger partial charge in [0, 0.05) is 25.9 Å². The normalized spacial score (nSPS) is 22.4. The summed E-state index contributed by atoms with van der Waals surface area (Å²) in [5.74, 6) is 0.00962. The van der Waals surface area contributed by atoms with Crippen molar-refractivity contribution in [2.45, 2.75) is 86.7 Å². The third-order valence-corrected chi connectivity index (χ3v) is 5.44. The topological polar surface area (TPSA) is 58.2 Å². The Kier molecular flexibility index (Phi) is 11.9. The second-order valence-electron chi connectivity index (χ2n) is 9.02. The number of rotatable bonds is 2. The summed E-state index contributed by atoms with van der Waals surface area (Å²) in [6, 6.07) is 0.225. The fraction of sp³-hybridized carbons (Fsp3) is 0.800. The largest absolute Gasteiger partial charge is 2.00 e. The van der Waals surface area contributed by atoms with Crippen LogP contribution in [0, 0.1) is 31.1 Å². The molecule has 146 valence electrons. The van der Waals surface area contributed by atoms with Crippen LogP contribution < -0.4 is 10.6 Å². The van der Waals surface area contributed by atoms with Crippen LogP contribution in [0.2, 0.25) is 0 Å². The number of hydrogen-bond acceptors (Lipinski definition) is 2. The van der Waals surface area contributed by atoms with Gasteiger partial charge in [-0.2, -0.15) is 0 Å². The van der Waals surface area contributed by atoms with Crippen molar-refractivity contribution in [3.63, 3.8) is 0 Å². The van der Waals surface area contributed by atoms with Crippen LogP contribution in [0.1, 0.15) is 74.7 Å². The van der Waals surface area contributed by atoms with Gasteiger partial charge in [0.15, 0.2) is 0 Å². The predicted molar refractivity (Wildman–Crippen MR) is 103 cm³/mol. The summed E-state index contributed by atoms with van der Waals surface area (Å²) in [7, 11) is 0. The minimum atomic E-state index is 0. The Labute approximate surface area is 171 Å². The molecule has 1 aliphatic rings. The van der Waals surface area contributed by atoms with Crippen LogP contribution >= 0.6 is 0 Å². The van der Waals surface area contributed by atoms with Crippen molar-refractivity contribution in [2.24, 2.45) is 16.2 Å². The summed E-state index contributed by atoms with van der Waals surface area (Å²) in [4.78, 5) is 23.1. The van der Waals surface area contributed by atoms with Crippen LogP contribution in [-0.2, 0) is 31.3 Å². The summed E-state index contributed by atoms with van der Waals surface area (Å²) >= 11 is 0. The van der Waals surface area contributed by atoms with E-state index in [-0.39, 0.29) is 76.7 Å². The molecule has 2 atom stereocenters. The smallest absolute Gasteiger partial charge is 0.358 e. The molecule has 1 saturated carbocycles. The van der Waals surface area contributed by atoms with Crippen LogP contribution in [0.25, 0.3) is 0 Å². The molecule has 5 heteroatoms. The first-order valence-electron chi connectivity index (χ1n) is 8.33. The number of carbonyl (C=O) groups excluding carboxylic acids is 2. The molecule has 1 fully saturated rings. The predicted octanol–water partition coefficient (Wildman–Crippen LogP) is 4.16. The molecule has 2 amide bonds. The van der Waals surface area contributed by atoms with Crippen molar-refractivity contribution in [1.29, 1.82) is 0 Å². The Bertz CT molecular complexity index is 396. The third kappa shape index (κ3) is 7.05. The van der Waals surface area contributed by atoms with Crippen molar-refractivity contribution < 1.29 is 31.3 Å². The molecule has 1 rings (SSSR count). The van der Waals surface area contributed by atoms with E-state index in [4.69, 9.17) is 0 Å². The standard InChI is InChI=1S/C18H34N2O2.2CH3.Ti/c1-12(21)19-14-9-15(20-13(2)22)11-18(10-14,16(3,4)5)17(6,7)8;;;/h14-15H,9-11H2,1-8H3,(H,19,21)(H,20,22);2*1H3;/q;2*-1;+2. The quantitative estimate of drug-likeness (QED) is 0.551. The average Bonchev–Trinajstić information content (AvgIpc) is 2.23. The fourth-order valence-electron chi connectivity index (χ4n) is 4.58. The molecule has 2 unspecified atom stereocenters. The van der Waals surface area contributed by atoms with Gasteiger partial charge in [0.05, 0.1) is 0 Å². The number of carbonyl (C=O) groups is 2. The van der Waals surface area contributed by atoms with Gasteiger partial charge in [0.2, 0.25) is 11.8 Å². The van der Waals surface area contributed by atoms with Crippen LogP contribution in [0.3, 0.4) is 0 Å². The molecule has 2 N–H and O–H groups in total. The fourth-order valence-corrected chi connectivity index (χ4v) is 4.58. The van der Waals surface area contributed by atoms with E-state index < -0.39 is 0 Å². The van der Waals surface area contributed by atoms with Gasteiger partial charge < -0.3 is 25.5 Å². The molecule has 0 heterocycles. The minimum absolute atomic E-state index is 0. The van der Waals surface area contributed by atoms with E-state index in [0.717, 1.165) is 19.3 Å². The van der Waals surface area contributed by atoms with Crippen LogP contribution in [0.4, 0.5) is 0 Å². The molecular formula is C20H40N2O2Ti. The maximum atomic E-state index is 11.6. The zero-order valence-electron chi connectivity index (χ0n) is 18.1. The SMILES string of the molecule is CC(=O)NC1CC(NC(C)=O)CC(C(C)(C)C)(C(C)(C)C)C1.[CH3-].[CH3-].[Ti+2]. The average molecular weight is 388 g/mol. The second-order valence-corrected chi connectivity index (χ2v) is 9.02. The van der Waals surface area contributed by atoms with Crippen LogP contribution in [-0.4, -0.2) is 23.9 Å². The first kappa shape index (κ1) is 29.4. The van der Waals surface area contributed by atoms with E-state index in [1.54, 1.807) is 13.8 Å². The monoisotopic (exact) mass is 388 g/mol. The van der Waals surface area contributed by atoms with E-state index in [9.17, 15) is 9.59 Å². The second kappa shape index (κ2) is 10.1. The molecule has 1 aliphatic carbocycles. The van der Waals surface area contributed by atoms with Gasteiger partial charge in [-0.05, 0) is 35.5 Å². The summed E-state index contributed by atoms with van der Waals surface area (Å²) in [5, 5.41) is 6.19. The molecule has 0 aromatic carbocycles. The summed E-state index contributed by atoms with van der Waals surface area (Å²) in [6.45, 7) is 16.8. The van der Waals surface area contributed by atoms with E-state index in [2.05, 4.69) is 52.2 Å². The zero-order chi connectivity index (χ0) is 17.3. The van der Waals surface area contributed by atoms with Gasteiger partial charge >= 0.3 is 21.7 Å². The van der Waals surface area contributed by atoms with Crippen molar-refractivity contribution >= 4 is 11.8 Å². The van der Waals surface area contributed by atoms with E-state index in [1.165, 1.54) is 0 Å². The summed E-state index contributed by atoms with van der Waals surface area (Å²) in [5.41, 5.74) is 0.205. The Balaban J connectivity index is -0.00000161. The Hall–Kier alpha value is -0.346. The zero-order valence-corrected chi connectivity index (χ0v) is 19.7. The van der Waals surface area contributed by atoms with Crippen molar-refractivity contribution in [3.8, 4) is 0 Å². The number of amides is 2. The Morgan fingerprint density at radius 2 is 1.08 bits per heavy atom. The maximum absolute atomic E-state index is 11.6. The first-order valence-corrected chi connectivity index (χ1v) is 8.33. The molecule has 0 spiro atoms. The van der Waals surface area contributed by atoms with Crippen LogP contribution in [0.5, 0.6) is 0 Å². The minimum Gasteiger partial charge on any atom is -0.358 e. The first-order chi connectivity index (χ1) is 9.78. The van der Waals surface area contributed by atoms with Gasteiger partial charge in [-0.15, -0.1) is 0 Å². The summed E-state index contributed by atoms with van der Waals surface area (Å²) < 4.78 is 0. The third-order valence-electron chi connectivity index (χ3n) is 5.44. The molecule has 4 nitrogen and oxygen atoms in total. The Morgan fingerprint density at radius 1 is 0.800 bits per heavy atom. The maximum Gasteiger partial charge on any atom is 2.00 e.